The first-order valence-corrected chi connectivity index (χ1v) is 6.03. The monoisotopic (exact) mass is 271 g/mol. The van der Waals surface area contributed by atoms with Gasteiger partial charge in [0.05, 0.1) is 11.3 Å². The number of fused-ring (bicyclic) bond motifs is 1. The van der Waals surface area contributed by atoms with Crippen molar-refractivity contribution < 1.29 is 18.0 Å². The Morgan fingerprint density at radius 2 is 1.94 bits per heavy atom. The molecule has 0 aliphatic rings. The molecule has 1 aromatic carbocycles. The fraction of sp³-hybridized carbons (Fsp3) is 0.167. The lowest BCUT2D eigenvalue weighted by molar-refractivity contribution is -0.167. The van der Waals surface area contributed by atoms with Gasteiger partial charge in [0, 0.05) is 16.5 Å². The summed E-state index contributed by atoms with van der Waals surface area (Å²) in [5, 5.41) is 0.835. The second kappa shape index (κ2) is 4.97. The van der Waals surface area contributed by atoms with Crippen molar-refractivity contribution in [3.63, 3.8) is 0 Å². The number of halogens is 3. The number of para-hydroxylation sites is 1. The van der Waals surface area contributed by atoms with Crippen LogP contribution in [-0.4, -0.2) is 22.7 Å². The quantitative estimate of drug-likeness (QED) is 0.801. The van der Waals surface area contributed by atoms with Gasteiger partial charge in [-0.25, -0.2) is 0 Å². The summed E-state index contributed by atoms with van der Waals surface area (Å²) in [4.78, 5) is 15.5. The Kier molecular flexibility index (Phi) is 3.56. The van der Waals surface area contributed by atoms with Gasteiger partial charge in [-0.05, 0) is 12.1 Å². The molecule has 0 saturated heterocycles. The SMILES string of the molecule is O=C(CSc1cccc2cccnc12)C(F)(F)F. The van der Waals surface area contributed by atoms with E-state index in [9.17, 15) is 18.0 Å². The molecule has 18 heavy (non-hydrogen) atoms. The first-order valence-electron chi connectivity index (χ1n) is 5.05. The highest BCUT2D eigenvalue weighted by Gasteiger charge is 2.37. The molecule has 0 bridgehead atoms. The number of Topliss-reactive ketones (excluding diaryl/α,β-unsaturated/α-hetero) is 1. The third kappa shape index (κ3) is 2.81. The Labute approximate surface area is 105 Å². The number of carbonyl (C=O) groups excluding carboxylic acids is 1. The number of nitrogens with zero attached hydrogens (tertiary/aromatic N) is 1. The van der Waals surface area contributed by atoms with Crippen LogP contribution in [0.15, 0.2) is 41.4 Å². The van der Waals surface area contributed by atoms with Crippen molar-refractivity contribution in [1.82, 2.24) is 4.98 Å². The van der Waals surface area contributed by atoms with Crippen LogP contribution in [-0.2, 0) is 4.79 Å². The van der Waals surface area contributed by atoms with E-state index < -0.39 is 17.7 Å². The van der Waals surface area contributed by atoms with Crippen molar-refractivity contribution in [3.05, 3.63) is 36.5 Å². The molecule has 0 radical (unpaired) electrons. The van der Waals surface area contributed by atoms with E-state index in [-0.39, 0.29) is 0 Å². The molecule has 0 N–H and O–H groups in total. The molecule has 0 aliphatic heterocycles. The van der Waals surface area contributed by atoms with Crippen molar-refractivity contribution in [1.29, 1.82) is 0 Å². The summed E-state index contributed by atoms with van der Waals surface area (Å²) < 4.78 is 36.3. The molecular weight excluding hydrogens is 263 g/mol. The van der Waals surface area contributed by atoms with Gasteiger partial charge in [-0.2, -0.15) is 13.2 Å². The molecule has 0 fully saturated rings. The van der Waals surface area contributed by atoms with E-state index >= 15 is 0 Å². The van der Waals surface area contributed by atoms with E-state index in [0.717, 1.165) is 17.1 Å². The lowest BCUT2D eigenvalue weighted by Gasteiger charge is -2.06. The minimum atomic E-state index is -4.77. The Hall–Kier alpha value is -1.56. The number of carbonyl (C=O) groups is 1. The minimum Gasteiger partial charge on any atom is -0.289 e. The maximum absolute atomic E-state index is 12.1. The summed E-state index contributed by atoms with van der Waals surface area (Å²) >= 11 is 0.853. The number of alkyl halides is 3. The molecule has 0 unspecified atom stereocenters. The molecule has 2 aromatic rings. The van der Waals surface area contributed by atoms with Crippen LogP contribution in [0.2, 0.25) is 0 Å². The summed E-state index contributed by atoms with van der Waals surface area (Å²) in [5.41, 5.74) is 0.611. The number of aromatic nitrogens is 1. The van der Waals surface area contributed by atoms with Gasteiger partial charge in [0.2, 0.25) is 5.78 Å². The number of thioether (sulfide) groups is 1. The van der Waals surface area contributed by atoms with Gasteiger partial charge in [0.15, 0.2) is 0 Å². The van der Waals surface area contributed by atoms with Gasteiger partial charge in [-0.1, -0.05) is 18.2 Å². The van der Waals surface area contributed by atoms with Crippen LogP contribution in [0.3, 0.4) is 0 Å². The summed E-state index contributed by atoms with van der Waals surface area (Å²) in [6.45, 7) is 0. The standard InChI is InChI=1S/C12H8F3NOS/c13-12(14,15)10(17)7-18-9-5-1-3-8-4-2-6-16-11(8)9/h1-6H,7H2. The van der Waals surface area contributed by atoms with Gasteiger partial charge in [0.25, 0.3) is 0 Å². The smallest absolute Gasteiger partial charge is 0.289 e. The number of hydrogen-bond donors (Lipinski definition) is 0. The van der Waals surface area contributed by atoms with Crippen molar-refractivity contribution in [3.8, 4) is 0 Å². The Balaban J connectivity index is 2.20. The number of benzene rings is 1. The number of rotatable bonds is 3. The van der Waals surface area contributed by atoms with Crippen molar-refractivity contribution >= 4 is 28.4 Å². The Morgan fingerprint density at radius 3 is 2.67 bits per heavy atom. The molecule has 0 amide bonds. The first kappa shape index (κ1) is 12.9. The van der Waals surface area contributed by atoms with Gasteiger partial charge in [0.1, 0.15) is 0 Å². The van der Waals surface area contributed by atoms with Gasteiger partial charge >= 0.3 is 6.18 Å². The highest BCUT2D eigenvalue weighted by molar-refractivity contribution is 8.00. The van der Waals surface area contributed by atoms with E-state index in [1.807, 2.05) is 12.1 Å². The molecule has 0 aliphatic carbocycles. The highest BCUT2D eigenvalue weighted by atomic mass is 32.2. The molecule has 2 nitrogen and oxygen atoms in total. The zero-order chi connectivity index (χ0) is 13.2. The molecule has 1 aromatic heterocycles. The fourth-order valence-electron chi connectivity index (χ4n) is 1.42. The van der Waals surface area contributed by atoms with E-state index in [1.54, 1.807) is 24.4 Å². The minimum absolute atomic E-state index is 0.575. The second-order valence-electron chi connectivity index (χ2n) is 3.54. The van der Waals surface area contributed by atoms with E-state index in [0.29, 0.717) is 10.4 Å². The Bertz CT molecular complexity index is 578. The predicted molar refractivity (Wildman–Crippen MR) is 63.5 cm³/mol. The van der Waals surface area contributed by atoms with E-state index in [1.165, 1.54) is 0 Å². The molecular formula is C12H8F3NOS. The van der Waals surface area contributed by atoms with Gasteiger partial charge in [-0.15, -0.1) is 11.8 Å². The zero-order valence-electron chi connectivity index (χ0n) is 9.07. The average molecular weight is 271 g/mol. The van der Waals surface area contributed by atoms with Gasteiger partial charge in [-0.3, -0.25) is 9.78 Å². The summed E-state index contributed by atoms with van der Waals surface area (Å²) in [5.74, 6) is -2.36. The summed E-state index contributed by atoms with van der Waals surface area (Å²) in [7, 11) is 0. The van der Waals surface area contributed by atoms with Crippen LogP contribution >= 0.6 is 11.8 Å². The van der Waals surface area contributed by atoms with Crippen LogP contribution in [0, 0.1) is 0 Å². The van der Waals surface area contributed by atoms with Gasteiger partial charge < -0.3 is 0 Å². The average Bonchev–Trinajstić information content (AvgIpc) is 2.34. The normalized spacial score (nSPS) is 11.7. The third-order valence-electron chi connectivity index (χ3n) is 2.27. The largest absolute Gasteiger partial charge is 0.450 e. The molecule has 6 heteroatoms. The lowest BCUT2D eigenvalue weighted by atomic mass is 10.2. The molecule has 1 heterocycles. The van der Waals surface area contributed by atoms with Crippen molar-refractivity contribution in [2.45, 2.75) is 11.1 Å². The Morgan fingerprint density at radius 1 is 1.22 bits per heavy atom. The molecule has 94 valence electrons. The van der Waals surface area contributed by atoms with Crippen molar-refractivity contribution in [2.75, 3.05) is 5.75 Å². The maximum atomic E-state index is 12.1. The predicted octanol–water partition coefficient (Wildman–Crippen LogP) is 3.46. The van der Waals surface area contributed by atoms with Crippen LogP contribution in [0.5, 0.6) is 0 Å². The van der Waals surface area contributed by atoms with Crippen LogP contribution in [0.4, 0.5) is 13.2 Å². The summed E-state index contributed by atoms with van der Waals surface area (Å²) in [6, 6.07) is 8.77. The zero-order valence-corrected chi connectivity index (χ0v) is 9.89. The highest BCUT2D eigenvalue weighted by Crippen LogP contribution is 2.28. The fourth-order valence-corrected chi connectivity index (χ4v) is 2.35. The molecule has 0 atom stereocenters. The third-order valence-corrected chi connectivity index (χ3v) is 3.32. The first-order chi connectivity index (χ1) is 8.48. The molecule has 0 saturated carbocycles. The van der Waals surface area contributed by atoms with Crippen molar-refractivity contribution in [2.24, 2.45) is 0 Å². The van der Waals surface area contributed by atoms with Crippen LogP contribution in [0.25, 0.3) is 10.9 Å². The van der Waals surface area contributed by atoms with E-state index in [2.05, 4.69) is 4.98 Å². The summed E-state index contributed by atoms with van der Waals surface area (Å²) in [6.07, 6.45) is -3.21. The lowest BCUT2D eigenvalue weighted by Crippen LogP contribution is -2.24. The van der Waals surface area contributed by atoms with Crippen LogP contribution in [0.1, 0.15) is 0 Å². The number of hydrogen-bond acceptors (Lipinski definition) is 3. The number of ketones is 1. The van der Waals surface area contributed by atoms with Crippen LogP contribution < -0.4 is 0 Å². The van der Waals surface area contributed by atoms with E-state index in [4.69, 9.17) is 0 Å². The maximum Gasteiger partial charge on any atom is 0.450 e. The number of pyridine rings is 1. The molecule has 0 spiro atoms. The second-order valence-corrected chi connectivity index (χ2v) is 4.56. The topological polar surface area (TPSA) is 30.0 Å². The molecule has 2 rings (SSSR count).